The van der Waals surface area contributed by atoms with Crippen molar-refractivity contribution in [3.05, 3.63) is 53.1 Å². The number of sulfonamides is 1. The van der Waals surface area contributed by atoms with Gasteiger partial charge in [-0.05, 0) is 25.5 Å². The monoisotopic (exact) mass is 486 g/mol. The average Bonchev–Trinajstić information content (AvgIpc) is 3.34. The van der Waals surface area contributed by atoms with E-state index in [2.05, 4.69) is 14.9 Å². The summed E-state index contributed by atoms with van der Waals surface area (Å²) in [5, 5.41) is 3.99. The normalized spacial score (nSPS) is 23.0. The lowest BCUT2D eigenvalue weighted by molar-refractivity contribution is 0.0828. The number of aryl methyl sites for hydroxylation is 1. The van der Waals surface area contributed by atoms with Crippen LogP contribution in [0.5, 0.6) is 0 Å². The van der Waals surface area contributed by atoms with E-state index in [1.165, 1.54) is 19.2 Å². The molecule has 1 N–H and O–H groups in total. The Bertz CT molecular complexity index is 1180. The first kappa shape index (κ1) is 23.4. The maximum absolute atomic E-state index is 14.5. The molecule has 0 radical (unpaired) electrons. The number of hydrogen-bond donors (Lipinski definition) is 1. The summed E-state index contributed by atoms with van der Waals surface area (Å²) in [5.41, 5.74) is 0.494. The fraction of sp³-hybridized carbons (Fsp3) is 0.429. The summed E-state index contributed by atoms with van der Waals surface area (Å²) in [6.45, 7) is 3.13. The average molecular weight is 486 g/mol. The maximum atomic E-state index is 14.5. The molecule has 2 aliphatic heterocycles. The van der Waals surface area contributed by atoms with Gasteiger partial charge in [-0.15, -0.1) is 0 Å². The number of likely N-dealkylation sites (tertiary alicyclic amines) is 1. The molecular weight excluding hydrogens is 464 g/mol. The van der Waals surface area contributed by atoms with E-state index in [4.69, 9.17) is 4.84 Å². The van der Waals surface area contributed by atoms with Gasteiger partial charge in [-0.2, -0.15) is 0 Å². The highest BCUT2D eigenvalue weighted by molar-refractivity contribution is 7.89. The second-order valence-corrected chi connectivity index (χ2v) is 10.1. The first-order valence-electron chi connectivity index (χ1n) is 10.3. The van der Waals surface area contributed by atoms with Crippen LogP contribution >= 0.6 is 0 Å². The molecule has 1 aromatic carbocycles. The summed E-state index contributed by atoms with van der Waals surface area (Å²) in [6, 6.07) is 1.77. The summed E-state index contributed by atoms with van der Waals surface area (Å²) in [5.74, 6) is -2.99. The number of alkyl halides is 1. The third kappa shape index (κ3) is 4.81. The van der Waals surface area contributed by atoms with Crippen molar-refractivity contribution < 1.29 is 30.8 Å². The third-order valence-electron chi connectivity index (χ3n) is 5.61. The summed E-state index contributed by atoms with van der Waals surface area (Å²) in [6.07, 6.45) is -0.622. The standard InChI is InChI=1S/C21H22F4N4O3S/c1-3-33(30,31)28-17-10-29(9-16(17)25)19-7-18(32-27-19)21-13(4-11(2)8-26-21)20-14(23)5-12(22)6-15(20)24/h4-6,8,16-18,28H,3,7,9-10H2,1-2H3/t16-,17+,18-/m0/s1. The predicted octanol–water partition coefficient (Wildman–Crippen LogP) is 3.21. The molecule has 0 aliphatic carbocycles. The smallest absolute Gasteiger partial charge is 0.211 e. The zero-order valence-electron chi connectivity index (χ0n) is 17.9. The highest BCUT2D eigenvalue weighted by atomic mass is 32.2. The molecule has 178 valence electrons. The van der Waals surface area contributed by atoms with Crippen molar-refractivity contribution in [2.75, 3.05) is 18.8 Å². The minimum Gasteiger partial charge on any atom is -0.384 e. The molecule has 3 heterocycles. The molecule has 0 saturated carbocycles. The van der Waals surface area contributed by atoms with Gasteiger partial charge in [-0.1, -0.05) is 5.16 Å². The van der Waals surface area contributed by atoms with Crippen LogP contribution in [-0.4, -0.2) is 55.2 Å². The second-order valence-electron chi connectivity index (χ2n) is 8.04. The Labute approximate surface area is 188 Å². The molecule has 4 rings (SSSR count). The predicted molar refractivity (Wildman–Crippen MR) is 113 cm³/mol. The van der Waals surface area contributed by atoms with Gasteiger partial charge in [-0.3, -0.25) is 4.98 Å². The molecule has 1 aromatic heterocycles. The summed E-state index contributed by atoms with van der Waals surface area (Å²) >= 11 is 0. The zero-order chi connectivity index (χ0) is 23.9. The number of halogens is 4. The zero-order valence-corrected chi connectivity index (χ0v) is 18.7. The molecule has 3 atom stereocenters. The number of hydrogen-bond acceptors (Lipinski definition) is 6. The van der Waals surface area contributed by atoms with Gasteiger partial charge in [0, 0.05) is 30.4 Å². The summed E-state index contributed by atoms with van der Waals surface area (Å²) in [7, 11) is -3.58. The lowest BCUT2D eigenvalue weighted by atomic mass is 9.97. The van der Waals surface area contributed by atoms with Crippen molar-refractivity contribution in [3.63, 3.8) is 0 Å². The van der Waals surface area contributed by atoms with E-state index in [1.807, 2.05) is 0 Å². The Morgan fingerprint density at radius 3 is 2.55 bits per heavy atom. The highest BCUT2D eigenvalue weighted by Crippen LogP contribution is 2.37. The van der Waals surface area contributed by atoms with Crippen LogP contribution in [0.4, 0.5) is 17.6 Å². The van der Waals surface area contributed by atoms with Gasteiger partial charge in [0.25, 0.3) is 0 Å². The number of oxime groups is 1. The third-order valence-corrected chi connectivity index (χ3v) is 7.04. The molecule has 0 amide bonds. The first-order chi connectivity index (χ1) is 15.6. The molecule has 2 aliphatic rings. The number of nitrogens with one attached hydrogen (secondary N) is 1. The molecule has 12 heteroatoms. The minimum atomic E-state index is -3.58. The van der Waals surface area contributed by atoms with Crippen molar-refractivity contribution in [2.45, 2.75) is 38.6 Å². The van der Waals surface area contributed by atoms with Gasteiger partial charge in [0.15, 0.2) is 6.10 Å². The van der Waals surface area contributed by atoms with E-state index >= 15 is 0 Å². The molecule has 0 unspecified atom stereocenters. The number of benzene rings is 1. The van der Waals surface area contributed by atoms with Gasteiger partial charge >= 0.3 is 0 Å². The van der Waals surface area contributed by atoms with Crippen LogP contribution in [0.15, 0.2) is 29.6 Å². The van der Waals surface area contributed by atoms with Crippen molar-refractivity contribution in [3.8, 4) is 11.1 Å². The van der Waals surface area contributed by atoms with E-state index in [9.17, 15) is 26.0 Å². The lowest BCUT2D eigenvalue weighted by Gasteiger charge is -2.18. The topological polar surface area (TPSA) is 83.9 Å². The van der Waals surface area contributed by atoms with Crippen LogP contribution in [0.2, 0.25) is 0 Å². The van der Waals surface area contributed by atoms with E-state index in [0.717, 1.165) is 0 Å². The molecular formula is C21H22F4N4O3S. The van der Waals surface area contributed by atoms with Gasteiger partial charge in [0.2, 0.25) is 10.0 Å². The van der Waals surface area contributed by atoms with Gasteiger partial charge in [-0.25, -0.2) is 30.7 Å². The molecule has 7 nitrogen and oxygen atoms in total. The van der Waals surface area contributed by atoms with E-state index < -0.39 is 51.4 Å². The SMILES string of the molecule is CCS(=O)(=O)N[C@@H]1CN(C2=NO[C@H](c3ncc(C)cc3-c3c(F)cc(F)cc3F)C2)C[C@@H]1F. The molecule has 0 spiro atoms. The van der Waals surface area contributed by atoms with E-state index in [0.29, 0.717) is 23.5 Å². The van der Waals surface area contributed by atoms with Crippen molar-refractivity contribution in [1.29, 1.82) is 0 Å². The van der Waals surface area contributed by atoms with Crippen LogP contribution in [0, 0.1) is 24.4 Å². The summed E-state index contributed by atoms with van der Waals surface area (Å²) < 4.78 is 82.7. The Kier molecular flexibility index (Phi) is 6.32. The molecule has 1 saturated heterocycles. The number of amidine groups is 1. The number of aromatic nitrogens is 1. The highest BCUT2D eigenvalue weighted by Gasteiger charge is 2.40. The fourth-order valence-electron chi connectivity index (χ4n) is 3.93. The van der Waals surface area contributed by atoms with Crippen LogP contribution in [0.3, 0.4) is 0 Å². The Morgan fingerprint density at radius 1 is 1.18 bits per heavy atom. The van der Waals surface area contributed by atoms with Gasteiger partial charge in [0.1, 0.15) is 29.5 Å². The second kappa shape index (κ2) is 8.90. The number of nitrogens with zero attached hydrogens (tertiary/aromatic N) is 3. The summed E-state index contributed by atoms with van der Waals surface area (Å²) in [4.78, 5) is 11.3. The van der Waals surface area contributed by atoms with Crippen LogP contribution in [0.25, 0.3) is 11.1 Å². The van der Waals surface area contributed by atoms with Crippen LogP contribution in [0.1, 0.15) is 30.7 Å². The van der Waals surface area contributed by atoms with E-state index in [1.54, 1.807) is 11.8 Å². The van der Waals surface area contributed by atoms with Crippen molar-refractivity contribution in [2.24, 2.45) is 5.16 Å². The minimum absolute atomic E-state index is 0.0602. The quantitative estimate of drug-likeness (QED) is 0.657. The van der Waals surface area contributed by atoms with Crippen LogP contribution < -0.4 is 4.72 Å². The van der Waals surface area contributed by atoms with E-state index in [-0.39, 0.29) is 36.5 Å². The molecule has 2 aromatic rings. The largest absolute Gasteiger partial charge is 0.384 e. The van der Waals surface area contributed by atoms with Gasteiger partial charge in [0.05, 0.1) is 36.0 Å². The molecule has 0 bridgehead atoms. The Balaban J connectivity index is 1.56. The molecule has 1 fully saturated rings. The van der Waals surface area contributed by atoms with Crippen molar-refractivity contribution in [1.82, 2.24) is 14.6 Å². The molecule has 33 heavy (non-hydrogen) atoms. The lowest BCUT2D eigenvalue weighted by Crippen LogP contribution is -2.42. The van der Waals surface area contributed by atoms with Crippen LogP contribution in [-0.2, 0) is 14.9 Å². The van der Waals surface area contributed by atoms with Crippen molar-refractivity contribution >= 4 is 15.9 Å². The number of rotatable bonds is 5. The maximum Gasteiger partial charge on any atom is 0.211 e. The first-order valence-corrected chi connectivity index (χ1v) is 12.0. The fourth-order valence-corrected chi connectivity index (χ4v) is 4.78. The Morgan fingerprint density at radius 2 is 1.88 bits per heavy atom. The van der Waals surface area contributed by atoms with Gasteiger partial charge < -0.3 is 9.74 Å². The Hall–Kier alpha value is -2.73. The number of pyridine rings is 1.